The molecule has 4 heteroatoms. The van der Waals surface area contributed by atoms with Gasteiger partial charge in [0, 0.05) is 35.0 Å². The van der Waals surface area contributed by atoms with Gasteiger partial charge in [0.1, 0.15) is 0 Å². The summed E-state index contributed by atoms with van der Waals surface area (Å²) in [5, 5.41) is 5.52. The van der Waals surface area contributed by atoms with Crippen molar-refractivity contribution in [2.75, 3.05) is 26.8 Å². The van der Waals surface area contributed by atoms with Crippen molar-refractivity contribution in [1.82, 2.24) is 5.32 Å². The second-order valence-electron chi connectivity index (χ2n) is 4.40. The van der Waals surface area contributed by atoms with E-state index in [9.17, 15) is 0 Å². The maximum atomic E-state index is 5.02. The first-order valence-electron chi connectivity index (χ1n) is 5.66. The lowest BCUT2D eigenvalue weighted by Crippen LogP contribution is -2.33. The number of hydrogen-bond acceptors (Lipinski definition) is 3. The Hall–Kier alpha value is -0.160. The minimum atomic E-state index is 0.0844. The number of halogens is 1. The molecular weight excluding hydrogens is 298 g/mol. The molecule has 0 spiro atoms. The molecule has 1 aromatic rings. The molecule has 2 nitrogen and oxygen atoms in total. The quantitative estimate of drug-likeness (QED) is 0.585. The summed E-state index contributed by atoms with van der Waals surface area (Å²) in [4.78, 5) is 1.38. The van der Waals surface area contributed by atoms with Crippen LogP contribution in [0.25, 0.3) is 0 Å². The molecule has 0 fully saturated rings. The molecule has 1 rings (SSSR count). The highest BCUT2D eigenvalue weighted by Crippen LogP contribution is 2.31. The zero-order chi connectivity index (χ0) is 12.7. The Morgan fingerprint density at radius 3 is 2.94 bits per heavy atom. The molecule has 1 unspecified atom stereocenters. The van der Waals surface area contributed by atoms with Crippen LogP contribution in [0.4, 0.5) is 0 Å². The van der Waals surface area contributed by atoms with Gasteiger partial charge in [-0.1, -0.05) is 13.0 Å². The van der Waals surface area contributed by atoms with Crippen LogP contribution >= 0.6 is 27.3 Å². The van der Waals surface area contributed by atoms with E-state index in [2.05, 4.69) is 46.2 Å². The van der Waals surface area contributed by atoms with Crippen LogP contribution in [0.15, 0.2) is 28.6 Å². The fourth-order valence-electron chi connectivity index (χ4n) is 1.57. The smallest absolute Gasteiger partial charge is 0.0587 e. The summed E-state index contributed by atoms with van der Waals surface area (Å²) in [6.07, 6.45) is 3.05. The molecule has 0 aliphatic rings. The third kappa shape index (κ3) is 4.92. The van der Waals surface area contributed by atoms with E-state index < -0.39 is 0 Å². The van der Waals surface area contributed by atoms with Gasteiger partial charge in [-0.3, -0.25) is 0 Å². The van der Waals surface area contributed by atoms with Crippen LogP contribution in [0.3, 0.4) is 0 Å². The first-order chi connectivity index (χ1) is 8.11. The molecule has 1 atom stereocenters. The van der Waals surface area contributed by atoms with Gasteiger partial charge >= 0.3 is 0 Å². The number of hydrogen-bond donors (Lipinski definition) is 1. The Labute approximate surface area is 116 Å². The van der Waals surface area contributed by atoms with E-state index in [-0.39, 0.29) is 5.41 Å². The third-order valence-electron chi connectivity index (χ3n) is 2.76. The highest BCUT2D eigenvalue weighted by Gasteiger charge is 2.22. The van der Waals surface area contributed by atoms with Crippen LogP contribution in [0.2, 0.25) is 0 Å². The largest absolute Gasteiger partial charge is 0.383 e. The maximum Gasteiger partial charge on any atom is 0.0587 e. The van der Waals surface area contributed by atoms with E-state index in [0.717, 1.165) is 26.1 Å². The molecule has 1 N–H and O–H groups in total. The fourth-order valence-corrected chi connectivity index (χ4v) is 3.26. The molecule has 0 radical (unpaired) electrons. The predicted octanol–water partition coefficient (Wildman–Crippen LogP) is 3.48. The molecule has 96 valence electrons. The minimum absolute atomic E-state index is 0.0844. The van der Waals surface area contributed by atoms with E-state index in [1.807, 2.05) is 6.08 Å². The third-order valence-corrected chi connectivity index (χ3v) is 4.69. The fraction of sp³-hybridized carbons (Fsp3) is 0.538. The highest BCUT2D eigenvalue weighted by molar-refractivity contribution is 9.10. The van der Waals surface area contributed by atoms with E-state index in [0.29, 0.717) is 0 Å². The van der Waals surface area contributed by atoms with Gasteiger partial charge in [0.2, 0.25) is 0 Å². The Balaban J connectivity index is 2.50. The van der Waals surface area contributed by atoms with Crippen molar-refractivity contribution in [3.05, 3.63) is 33.5 Å². The molecule has 1 heterocycles. The van der Waals surface area contributed by atoms with Crippen molar-refractivity contribution >= 4 is 27.3 Å². The van der Waals surface area contributed by atoms with Crippen LogP contribution in [0.1, 0.15) is 11.8 Å². The number of nitrogens with one attached hydrogen (secondary N) is 1. The monoisotopic (exact) mass is 317 g/mol. The molecule has 0 saturated carbocycles. The first kappa shape index (κ1) is 14.9. The molecule has 0 aromatic carbocycles. The highest BCUT2D eigenvalue weighted by atomic mass is 79.9. The van der Waals surface area contributed by atoms with Gasteiger partial charge in [0.05, 0.1) is 6.61 Å². The van der Waals surface area contributed by atoms with Crippen LogP contribution in [-0.2, 0) is 11.2 Å². The zero-order valence-corrected chi connectivity index (χ0v) is 12.9. The molecule has 0 saturated heterocycles. The van der Waals surface area contributed by atoms with Crippen LogP contribution < -0.4 is 5.32 Å². The number of ether oxygens (including phenoxy) is 1. The molecule has 0 amide bonds. The second kappa shape index (κ2) is 7.31. The molecule has 0 bridgehead atoms. The second-order valence-corrected chi connectivity index (χ2v) is 6.25. The SMILES string of the molecule is C=CC(C)(CNCCOC)Cc1sccc1Br. The molecular formula is C13H20BrNOS. The average Bonchev–Trinajstić information content (AvgIpc) is 2.71. The van der Waals surface area contributed by atoms with Crippen LogP contribution in [0, 0.1) is 5.41 Å². The van der Waals surface area contributed by atoms with Gasteiger partial charge in [0.15, 0.2) is 0 Å². The van der Waals surface area contributed by atoms with E-state index in [4.69, 9.17) is 4.74 Å². The maximum absolute atomic E-state index is 5.02. The Bertz CT molecular complexity index is 353. The number of methoxy groups -OCH3 is 1. The van der Waals surface area contributed by atoms with Crippen molar-refractivity contribution < 1.29 is 4.74 Å². The van der Waals surface area contributed by atoms with Crippen LogP contribution in [0.5, 0.6) is 0 Å². The predicted molar refractivity (Wildman–Crippen MR) is 78.8 cm³/mol. The lowest BCUT2D eigenvalue weighted by Gasteiger charge is -2.26. The number of rotatable bonds is 8. The Morgan fingerprint density at radius 2 is 2.41 bits per heavy atom. The summed E-state index contributed by atoms with van der Waals surface area (Å²) < 4.78 is 6.22. The van der Waals surface area contributed by atoms with Crippen molar-refractivity contribution in [3.8, 4) is 0 Å². The van der Waals surface area contributed by atoms with Crippen molar-refractivity contribution in [2.45, 2.75) is 13.3 Å². The zero-order valence-electron chi connectivity index (χ0n) is 10.5. The van der Waals surface area contributed by atoms with Crippen molar-refractivity contribution in [3.63, 3.8) is 0 Å². The van der Waals surface area contributed by atoms with Crippen molar-refractivity contribution in [1.29, 1.82) is 0 Å². The minimum Gasteiger partial charge on any atom is -0.383 e. The summed E-state index contributed by atoms with van der Waals surface area (Å²) in [6.45, 7) is 8.74. The molecule has 0 aliphatic heterocycles. The Kier molecular flexibility index (Phi) is 6.41. The molecule has 1 aromatic heterocycles. The van der Waals surface area contributed by atoms with E-state index >= 15 is 0 Å². The van der Waals surface area contributed by atoms with Gasteiger partial charge in [0.25, 0.3) is 0 Å². The standard InChI is InChI=1S/C13H20BrNOS/c1-4-13(2,10-15-6-7-16-3)9-12-11(14)5-8-17-12/h4-5,8,15H,1,6-7,9-10H2,2-3H3. The summed E-state index contributed by atoms with van der Waals surface area (Å²) in [7, 11) is 1.72. The molecule has 17 heavy (non-hydrogen) atoms. The summed E-state index contributed by atoms with van der Waals surface area (Å²) in [6, 6.07) is 2.10. The van der Waals surface area contributed by atoms with Gasteiger partial charge in [-0.15, -0.1) is 17.9 Å². The topological polar surface area (TPSA) is 21.3 Å². The van der Waals surface area contributed by atoms with E-state index in [1.54, 1.807) is 18.4 Å². The van der Waals surface area contributed by atoms with Gasteiger partial charge < -0.3 is 10.1 Å². The van der Waals surface area contributed by atoms with Gasteiger partial charge in [-0.25, -0.2) is 0 Å². The summed E-state index contributed by atoms with van der Waals surface area (Å²) in [5.41, 5.74) is 0.0844. The van der Waals surface area contributed by atoms with Gasteiger partial charge in [-0.2, -0.15) is 0 Å². The lowest BCUT2D eigenvalue weighted by molar-refractivity contribution is 0.196. The average molecular weight is 318 g/mol. The summed E-state index contributed by atoms with van der Waals surface area (Å²) in [5.74, 6) is 0. The lowest BCUT2D eigenvalue weighted by atomic mass is 9.86. The number of thiophene rings is 1. The van der Waals surface area contributed by atoms with Gasteiger partial charge in [-0.05, 0) is 33.8 Å². The Morgan fingerprint density at radius 1 is 1.65 bits per heavy atom. The van der Waals surface area contributed by atoms with E-state index in [1.165, 1.54) is 9.35 Å². The summed E-state index contributed by atoms with van der Waals surface area (Å²) >= 11 is 5.37. The first-order valence-corrected chi connectivity index (χ1v) is 7.34. The molecule has 0 aliphatic carbocycles. The normalized spacial score (nSPS) is 14.5. The van der Waals surface area contributed by atoms with Crippen LogP contribution in [-0.4, -0.2) is 26.8 Å². The van der Waals surface area contributed by atoms with Crippen molar-refractivity contribution in [2.24, 2.45) is 5.41 Å².